The molecule has 0 aromatic carbocycles. The van der Waals surface area contributed by atoms with Crippen molar-refractivity contribution in [2.45, 2.75) is 0 Å². The third kappa shape index (κ3) is 1.07. The fourth-order valence-corrected chi connectivity index (χ4v) is 1.25. The van der Waals surface area contributed by atoms with E-state index >= 15 is 0 Å². The van der Waals surface area contributed by atoms with Crippen LogP contribution in [0.5, 0.6) is 0 Å². The Labute approximate surface area is 71.5 Å². The Kier molecular flexibility index (Phi) is 1.59. The molecule has 60 valence electrons. The van der Waals surface area contributed by atoms with Gasteiger partial charge in [-0.3, -0.25) is 0 Å². The van der Waals surface area contributed by atoms with Gasteiger partial charge in [-0.25, -0.2) is 0 Å². The summed E-state index contributed by atoms with van der Waals surface area (Å²) >= 11 is 0. The molecule has 2 heteroatoms. The van der Waals surface area contributed by atoms with E-state index in [0.29, 0.717) is 0 Å². The molecule has 0 saturated carbocycles. The molecule has 1 aliphatic heterocycles. The van der Waals surface area contributed by atoms with Gasteiger partial charge in [0, 0.05) is 18.0 Å². The van der Waals surface area contributed by atoms with E-state index in [1.54, 1.807) is 6.20 Å². The van der Waals surface area contributed by atoms with Crippen molar-refractivity contribution in [3.8, 4) is 0 Å². The van der Waals surface area contributed by atoms with Gasteiger partial charge in [-0.15, -0.1) is 0 Å². The van der Waals surface area contributed by atoms with Crippen LogP contribution < -0.4 is 11.1 Å². The van der Waals surface area contributed by atoms with Crippen molar-refractivity contribution in [3.05, 3.63) is 59.6 Å². The molecule has 1 heterocycles. The van der Waals surface area contributed by atoms with E-state index < -0.39 is 0 Å². The predicted octanol–water partition coefficient (Wildman–Crippen LogP) is 1.33. The molecule has 0 saturated heterocycles. The van der Waals surface area contributed by atoms with Crippen molar-refractivity contribution in [1.29, 1.82) is 0 Å². The molecule has 1 aliphatic carbocycles. The zero-order valence-corrected chi connectivity index (χ0v) is 6.62. The van der Waals surface area contributed by atoms with Gasteiger partial charge in [0.15, 0.2) is 0 Å². The number of hydrogen-bond donors (Lipinski definition) is 2. The fourth-order valence-electron chi connectivity index (χ4n) is 1.25. The lowest BCUT2D eigenvalue weighted by molar-refractivity contribution is 1.08. The van der Waals surface area contributed by atoms with E-state index in [1.165, 1.54) is 0 Å². The molecule has 2 nitrogen and oxygen atoms in total. The zero-order chi connectivity index (χ0) is 8.39. The Bertz CT molecular complexity index is 341. The monoisotopic (exact) mass is 158 g/mol. The van der Waals surface area contributed by atoms with Crippen LogP contribution in [-0.4, -0.2) is 0 Å². The molecular formula is C10H10N2. The minimum Gasteiger partial charge on any atom is -0.397 e. The first kappa shape index (κ1) is 6.98. The first-order chi connectivity index (χ1) is 5.88. The van der Waals surface area contributed by atoms with E-state index in [1.807, 2.05) is 36.6 Å². The maximum absolute atomic E-state index is 5.78. The number of rotatable bonds is 0. The number of allylic oxidation sites excluding steroid dienone is 6. The van der Waals surface area contributed by atoms with Crippen LogP contribution >= 0.6 is 0 Å². The van der Waals surface area contributed by atoms with Crippen molar-refractivity contribution < 1.29 is 0 Å². The maximum Gasteiger partial charge on any atom is 0.0557 e. The van der Waals surface area contributed by atoms with Crippen molar-refractivity contribution in [3.63, 3.8) is 0 Å². The number of dihydropyridines is 1. The zero-order valence-electron chi connectivity index (χ0n) is 6.62. The first-order valence-electron chi connectivity index (χ1n) is 3.85. The van der Waals surface area contributed by atoms with Gasteiger partial charge < -0.3 is 11.1 Å². The molecular weight excluding hydrogens is 148 g/mol. The minimum absolute atomic E-state index is 0.781. The first-order valence-corrected chi connectivity index (χ1v) is 3.85. The Hall–Kier alpha value is -1.70. The van der Waals surface area contributed by atoms with Crippen LogP contribution in [0.2, 0.25) is 0 Å². The standard InChI is InChI=1S/C10H10N2/c11-10-7-12-6-8-4-2-1-3-5-9(8)10/h1-7,12H,11H2. The summed E-state index contributed by atoms with van der Waals surface area (Å²) in [6, 6.07) is 0. The van der Waals surface area contributed by atoms with Crippen LogP contribution in [-0.2, 0) is 0 Å². The van der Waals surface area contributed by atoms with Crippen molar-refractivity contribution >= 4 is 0 Å². The molecule has 0 spiro atoms. The largest absolute Gasteiger partial charge is 0.397 e. The van der Waals surface area contributed by atoms with Crippen LogP contribution in [0.25, 0.3) is 0 Å². The molecule has 0 fully saturated rings. The molecule has 0 aromatic rings. The highest BCUT2D eigenvalue weighted by Gasteiger charge is 2.08. The van der Waals surface area contributed by atoms with Gasteiger partial charge in [-0.05, 0) is 5.57 Å². The van der Waals surface area contributed by atoms with Crippen LogP contribution in [0.15, 0.2) is 59.6 Å². The summed E-state index contributed by atoms with van der Waals surface area (Å²) in [5, 5.41) is 2.99. The molecule has 0 aromatic heterocycles. The fraction of sp³-hybridized carbons (Fsp3) is 0. The summed E-state index contributed by atoms with van der Waals surface area (Å²) in [6.45, 7) is 0. The molecule has 0 atom stereocenters. The highest BCUT2D eigenvalue weighted by molar-refractivity contribution is 5.55. The molecule has 2 aliphatic rings. The molecule has 3 N–H and O–H groups in total. The number of hydrogen-bond acceptors (Lipinski definition) is 2. The summed E-state index contributed by atoms with van der Waals surface area (Å²) in [4.78, 5) is 0. The van der Waals surface area contributed by atoms with Crippen LogP contribution in [0.4, 0.5) is 0 Å². The van der Waals surface area contributed by atoms with Gasteiger partial charge >= 0.3 is 0 Å². The smallest absolute Gasteiger partial charge is 0.0557 e. The Morgan fingerprint density at radius 1 is 1.08 bits per heavy atom. The number of nitrogens with one attached hydrogen (secondary N) is 1. The summed E-state index contributed by atoms with van der Waals surface area (Å²) in [7, 11) is 0. The van der Waals surface area contributed by atoms with Gasteiger partial charge in [-0.1, -0.05) is 30.4 Å². The Balaban J connectivity index is 2.47. The maximum atomic E-state index is 5.78. The van der Waals surface area contributed by atoms with Crippen LogP contribution in [0, 0.1) is 0 Å². The third-order valence-electron chi connectivity index (χ3n) is 1.86. The second-order valence-corrected chi connectivity index (χ2v) is 2.69. The highest BCUT2D eigenvalue weighted by Crippen LogP contribution is 2.20. The molecule has 0 amide bonds. The average molecular weight is 158 g/mol. The minimum atomic E-state index is 0.781. The van der Waals surface area contributed by atoms with Gasteiger partial charge in [0.05, 0.1) is 5.70 Å². The van der Waals surface area contributed by atoms with Gasteiger partial charge in [0.2, 0.25) is 0 Å². The van der Waals surface area contributed by atoms with E-state index in [9.17, 15) is 0 Å². The van der Waals surface area contributed by atoms with Crippen LogP contribution in [0.3, 0.4) is 0 Å². The average Bonchev–Trinajstić information content (AvgIpc) is 2.30. The van der Waals surface area contributed by atoms with Crippen LogP contribution in [0.1, 0.15) is 0 Å². The van der Waals surface area contributed by atoms with Crippen molar-refractivity contribution in [1.82, 2.24) is 5.32 Å². The van der Waals surface area contributed by atoms with Crippen molar-refractivity contribution in [2.75, 3.05) is 0 Å². The normalized spacial score (nSPS) is 19.8. The van der Waals surface area contributed by atoms with E-state index in [4.69, 9.17) is 5.73 Å². The van der Waals surface area contributed by atoms with E-state index in [-0.39, 0.29) is 0 Å². The third-order valence-corrected chi connectivity index (χ3v) is 1.86. The van der Waals surface area contributed by atoms with Crippen molar-refractivity contribution in [2.24, 2.45) is 5.73 Å². The van der Waals surface area contributed by atoms with E-state index in [0.717, 1.165) is 16.8 Å². The lowest BCUT2D eigenvalue weighted by Gasteiger charge is -2.13. The summed E-state index contributed by atoms with van der Waals surface area (Å²) in [5.74, 6) is 0. The molecule has 0 bridgehead atoms. The number of fused-ring (bicyclic) bond motifs is 1. The van der Waals surface area contributed by atoms with Gasteiger partial charge in [-0.2, -0.15) is 0 Å². The lowest BCUT2D eigenvalue weighted by atomic mass is 10.0. The predicted molar refractivity (Wildman–Crippen MR) is 49.9 cm³/mol. The molecule has 2 rings (SSSR count). The second kappa shape index (κ2) is 2.74. The van der Waals surface area contributed by atoms with E-state index in [2.05, 4.69) is 5.32 Å². The van der Waals surface area contributed by atoms with Gasteiger partial charge in [0.1, 0.15) is 0 Å². The second-order valence-electron chi connectivity index (χ2n) is 2.69. The topological polar surface area (TPSA) is 38.0 Å². The number of nitrogens with two attached hydrogens (primary N) is 1. The summed E-state index contributed by atoms with van der Waals surface area (Å²) in [5.41, 5.74) is 8.77. The van der Waals surface area contributed by atoms with Gasteiger partial charge in [0.25, 0.3) is 0 Å². The SMILES string of the molecule is NC1=CNC=C2C=CC=CC=C12. The molecule has 0 unspecified atom stereocenters. The molecule has 12 heavy (non-hydrogen) atoms. The Morgan fingerprint density at radius 2 is 2.00 bits per heavy atom. The molecule has 0 radical (unpaired) electrons. The summed E-state index contributed by atoms with van der Waals surface area (Å²) in [6.07, 6.45) is 13.7. The Morgan fingerprint density at radius 3 is 2.92 bits per heavy atom. The quantitative estimate of drug-likeness (QED) is 0.558. The summed E-state index contributed by atoms with van der Waals surface area (Å²) < 4.78 is 0. The highest BCUT2D eigenvalue weighted by atomic mass is 14.8. The lowest BCUT2D eigenvalue weighted by Crippen LogP contribution is -2.13.